The van der Waals surface area contributed by atoms with Gasteiger partial charge in [0.25, 0.3) is 0 Å². The molecule has 90 valence electrons. The van der Waals surface area contributed by atoms with Crippen molar-refractivity contribution in [3.63, 3.8) is 0 Å². The van der Waals surface area contributed by atoms with Crippen LogP contribution in [0.4, 0.5) is 0 Å². The zero-order valence-electron chi connectivity index (χ0n) is 10.9. The molecule has 0 unspecified atom stereocenters. The van der Waals surface area contributed by atoms with Crippen LogP contribution in [0.25, 0.3) is 0 Å². The van der Waals surface area contributed by atoms with Crippen LogP contribution < -0.4 is 0 Å². The van der Waals surface area contributed by atoms with Gasteiger partial charge in [-0.1, -0.05) is 6.42 Å². The van der Waals surface area contributed by atoms with E-state index in [9.17, 15) is 0 Å². The molecule has 15 heavy (non-hydrogen) atoms. The summed E-state index contributed by atoms with van der Waals surface area (Å²) in [7, 11) is 0. The number of piperidine rings is 1. The summed E-state index contributed by atoms with van der Waals surface area (Å²) in [5.74, 6) is 0. The largest absolute Gasteiger partial charge is 0.376 e. The summed E-state index contributed by atoms with van der Waals surface area (Å²) >= 11 is 0. The summed E-state index contributed by atoms with van der Waals surface area (Å²) in [5, 5.41) is 0. The second kappa shape index (κ2) is 5.86. The van der Waals surface area contributed by atoms with Crippen LogP contribution in [0.3, 0.4) is 0 Å². The van der Waals surface area contributed by atoms with E-state index in [0.717, 1.165) is 12.6 Å². The van der Waals surface area contributed by atoms with Crippen LogP contribution in [-0.4, -0.2) is 36.2 Å². The molecule has 0 spiro atoms. The molecule has 0 aliphatic carbocycles. The Hall–Kier alpha value is -0.0800. The summed E-state index contributed by atoms with van der Waals surface area (Å²) in [6.45, 7) is 12.1. The summed E-state index contributed by atoms with van der Waals surface area (Å²) in [4.78, 5) is 2.61. The van der Waals surface area contributed by atoms with Gasteiger partial charge in [0.05, 0.1) is 5.60 Å². The van der Waals surface area contributed by atoms with Gasteiger partial charge in [-0.25, -0.2) is 0 Å². The van der Waals surface area contributed by atoms with Crippen molar-refractivity contribution in [3.05, 3.63) is 0 Å². The molecule has 1 saturated heterocycles. The standard InChI is InChI=1S/C13H27NO/c1-12-8-5-6-9-14(12)10-7-11-15-13(2,3)4/h12H,5-11H2,1-4H3/t12-/m0/s1. The van der Waals surface area contributed by atoms with E-state index in [1.165, 1.54) is 38.8 Å². The van der Waals surface area contributed by atoms with E-state index in [0.29, 0.717) is 0 Å². The average Bonchev–Trinajstić information content (AvgIpc) is 2.13. The first-order chi connectivity index (χ1) is 6.99. The van der Waals surface area contributed by atoms with Crippen LogP contribution in [0.2, 0.25) is 0 Å². The van der Waals surface area contributed by atoms with Gasteiger partial charge in [0.15, 0.2) is 0 Å². The van der Waals surface area contributed by atoms with Crippen molar-refractivity contribution >= 4 is 0 Å². The van der Waals surface area contributed by atoms with Crippen molar-refractivity contribution in [2.75, 3.05) is 19.7 Å². The highest BCUT2D eigenvalue weighted by atomic mass is 16.5. The van der Waals surface area contributed by atoms with Crippen molar-refractivity contribution in [1.82, 2.24) is 4.90 Å². The Morgan fingerprint density at radius 1 is 1.27 bits per heavy atom. The zero-order chi connectivity index (χ0) is 11.3. The Labute approximate surface area is 95.0 Å². The second-order valence-corrected chi connectivity index (χ2v) is 5.70. The van der Waals surface area contributed by atoms with Crippen molar-refractivity contribution < 1.29 is 4.74 Å². The molecule has 1 fully saturated rings. The lowest BCUT2D eigenvalue weighted by molar-refractivity contribution is -0.00890. The zero-order valence-corrected chi connectivity index (χ0v) is 10.9. The molecular formula is C13H27NO. The van der Waals surface area contributed by atoms with E-state index in [4.69, 9.17) is 4.74 Å². The minimum atomic E-state index is 0.0213. The third kappa shape index (κ3) is 5.53. The van der Waals surface area contributed by atoms with Crippen LogP contribution in [0.15, 0.2) is 0 Å². The molecule has 0 aromatic heterocycles. The summed E-state index contributed by atoms with van der Waals surface area (Å²) in [6, 6.07) is 0.786. The number of rotatable bonds is 4. The highest BCUT2D eigenvalue weighted by Crippen LogP contribution is 2.16. The van der Waals surface area contributed by atoms with Gasteiger partial charge in [0.2, 0.25) is 0 Å². The minimum Gasteiger partial charge on any atom is -0.376 e. The van der Waals surface area contributed by atoms with Crippen LogP contribution >= 0.6 is 0 Å². The molecular weight excluding hydrogens is 186 g/mol. The topological polar surface area (TPSA) is 12.5 Å². The van der Waals surface area contributed by atoms with Crippen LogP contribution in [0, 0.1) is 0 Å². The predicted molar refractivity (Wildman–Crippen MR) is 65.2 cm³/mol. The number of hydrogen-bond acceptors (Lipinski definition) is 2. The third-order valence-corrected chi connectivity index (χ3v) is 3.07. The van der Waals surface area contributed by atoms with Gasteiger partial charge in [0.1, 0.15) is 0 Å². The number of nitrogens with zero attached hydrogens (tertiary/aromatic N) is 1. The first kappa shape index (κ1) is 13.0. The molecule has 0 N–H and O–H groups in total. The van der Waals surface area contributed by atoms with E-state index < -0.39 is 0 Å². The molecule has 2 heteroatoms. The Kier molecular flexibility index (Phi) is 5.07. The van der Waals surface area contributed by atoms with Crippen molar-refractivity contribution in [3.8, 4) is 0 Å². The lowest BCUT2D eigenvalue weighted by Crippen LogP contribution is -2.38. The third-order valence-electron chi connectivity index (χ3n) is 3.07. The normalized spacial score (nSPS) is 24.4. The Balaban J connectivity index is 2.08. The molecule has 0 aromatic carbocycles. The average molecular weight is 213 g/mol. The predicted octanol–water partition coefficient (Wildman–Crippen LogP) is 3.07. The number of ether oxygens (including phenoxy) is 1. The van der Waals surface area contributed by atoms with Gasteiger partial charge in [-0.2, -0.15) is 0 Å². The van der Waals surface area contributed by atoms with Gasteiger partial charge in [-0.15, -0.1) is 0 Å². The summed E-state index contributed by atoms with van der Waals surface area (Å²) in [5.41, 5.74) is 0.0213. The molecule has 0 bridgehead atoms. The van der Waals surface area contributed by atoms with E-state index in [1.54, 1.807) is 0 Å². The first-order valence-electron chi connectivity index (χ1n) is 6.37. The molecule has 0 saturated carbocycles. The van der Waals surface area contributed by atoms with Gasteiger partial charge in [-0.3, -0.25) is 0 Å². The molecule has 1 atom stereocenters. The number of hydrogen-bond donors (Lipinski definition) is 0. The molecule has 1 heterocycles. The summed E-state index contributed by atoms with van der Waals surface area (Å²) < 4.78 is 5.73. The smallest absolute Gasteiger partial charge is 0.0598 e. The van der Waals surface area contributed by atoms with E-state index in [-0.39, 0.29) is 5.60 Å². The lowest BCUT2D eigenvalue weighted by Gasteiger charge is -2.33. The fourth-order valence-corrected chi connectivity index (χ4v) is 2.14. The quantitative estimate of drug-likeness (QED) is 0.665. The fraction of sp³-hybridized carbons (Fsp3) is 1.00. The second-order valence-electron chi connectivity index (χ2n) is 5.70. The van der Waals surface area contributed by atoms with Crippen LogP contribution in [-0.2, 0) is 4.74 Å². The van der Waals surface area contributed by atoms with E-state index >= 15 is 0 Å². The van der Waals surface area contributed by atoms with Crippen molar-refractivity contribution in [1.29, 1.82) is 0 Å². The van der Waals surface area contributed by atoms with Crippen LogP contribution in [0.5, 0.6) is 0 Å². The fourth-order valence-electron chi connectivity index (χ4n) is 2.14. The molecule has 2 nitrogen and oxygen atoms in total. The molecule has 1 rings (SSSR count). The highest BCUT2D eigenvalue weighted by molar-refractivity contribution is 4.72. The Bertz CT molecular complexity index is 174. The molecule has 0 amide bonds. The highest BCUT2D eigenvalue weighted by Gasteiger charge is 2.17. The van der Waals surface area contributed by atoms with E-state index in [1.807, 2.05) is 0 Å². The van der Waals surface area contributed by atoms with Crippen molar-refractivity contribution in [2.45, 2.75) is 65.0 Å². The SMILES string of the molecule is C[C@H]1CCCCN1CCCOC(C)(C)C. The van der Waals surface area contributed by atoms with Gasteiger partial charge >= 0.3 is 0 Å². The monoisotopic (exact) mass is 213 g/mol. The minimum absolute atomic E-state index is 0.0213. The van der Waals surface area contributed by atoms with Crippen LogP contribution in [0.1, 0.15) is 53.4 Å². The maximum atomic E-state index is 5.73. The maximum Gasteiger partial charge on any atom is 0.0598 e. The molecule has 0 aromatic rings. The Morgan fingerprint density at radius 3 is 2.60 bits per heavy atom. The Morgan fingerprint density at radius 2 is 2.00 bits per heavy atom. The van der Waals surface area contributed by atoms with E-state index in [2.05, 4.69) is 32.6 Å². The molecule has 1 aliphatic rings. The van der Waals surface area contributed by atoms with Gasteiger partial charge in [0, 0.05) is 19.2 Å². The van der Waals surface area contributed by atoms with Gasteiger partial charge < -0.3 is 9.64 Å². The first-order valence-corrected chi connectivity index (χ1v) is 6.37. The molecule has 1 aliphatic heterocycles. The number of likely N-dealkylation sites (tertiary alicyclic amines) is 1. The molecule has 0 radical (unpaired) electrons. The maximum absolute atomic E-state index is 5.73. The lowest BCUT2D eigenvalue weighted by atomic mass is 10.0. The van der Waals surface area contributed by atoms with Gasteiger partial charge in [-0.05, 0) is 53.5 Å². The van der Waals surface area contributed by atoms with Crippen molar-refractivity contribution in [2.24, 2.45) is 0 Å². The summed E-state index contributed by atoms with van der Waals surface area (Å²) in [6.07, 6.45) is 5.34.